The molecule has 1 saturated heterocycles. The Bertz CT molecular complexity index is 750. The zero-order valence-electron chi connectivity index (χ0n) is 17.0. The van der Waals surface area contributed by atoms with Gasteiger partial charge in [-0.2, -0.15) is 0 Å². The van der Waals surface area contributed by atoms with E-state index in [1.807, 2.05) is 45.0 Å². The van der Waals surface area contributed by atoms with Crippen LogP contribution in [0.25, 0.3) is 0 Å². The molecular weight excluding hydrogens is 350 g/mol. The summed E-state index contributed by atoms with van der Waals surface area (Å²) in [4.78, 5) is 16.5. The average Bonchev–Trinajstić information content (AvgIpc) is 2.69. The normalized spacial score (nSPS) is 17.8. The van der Waals surface area contributed by atoms with E-state index in [0.29, 0.717) is 13.1 Å². The fourth-order valence-corrected chi connectivity index (χ4v) is 3.66. The third-order valence-electron chi connectivity index (χ3n) is 5.03. The van der Waals surface area contributed by atoms with Crippen molar-refractivity contribution >= 4 is 6.09 Å². The molecule has 0 bridgehead atoms. The van der Waals surface area contributed by atoms with Crippen LogP contribution >= 0.6 is 0 Å². The van der Waals surface area contributed by atoms with Crippen LogP contribution in [0, 0.1) is 0 Å². The van der Waals surface area contributed by atoms with E-state index in [2.05, 4.69) is 41.3 Å². The quantitative estimate of drug-likeness (QED) is 0.870. The van der Waals surface area contributed by atoms with Crippen LogP contribution in [0.5, 0.6) is 0 Å². The summed E-state index contributed by atoms with van der Waals surface area (Å²) >= 11 is 0. The number of piperazine rings is 1. The number of benzene rings is 2. The molecule has 2 atom stereocenters. The number of amides is 1. The first-order valence-electron chi connectivity index (χ1n) is 9.92. The van der Waals surface area contributed by atoms with E-state index < -0.39 is 5.60 Å². The van der Waals surface area contributed by atoms with E-state index in [9.17, 15) is 4.79 Å². The van der Waals surface area contributed by atoms with Crippen LogP contribution in [0.3, 0.4) is 0 Å². The summed E-state index contributed by atoms with van der Waals surface area (Å²) in [6.07, 6.45) is -0.240. The predicted molar refractivity (Wildman–Crippen MR) is 112 cm³/mol. The van der Waals surface area contributed by atoms with Crippen LogP contribution in [0.4, 0.5) is 4.79 Å². The highest BCUT2D eigenvalue weighted by molar-refractivity contribution is 5.68. The Morgan fingerprint density at radius 1 is 0.893 bits per heavy atom. The van der Waals surface area contributed by atoms with Gasteiger partial charge in [0.25, 0.3) is 0 Å². The lowest BCUT2D eigenvalue weighted by Crippen LogP contribution is -2.52. The number of carbonyl (C=O) groups is 1. The molecule has 1 aliphatic rings. The summed E-state index contributed by atoms with van der Waals surface area (Å²) in [6, 6.07) is 20.5. The molecule has 5 nitrogen and oxygen atoms in total. The predicted octanol–water partition coefficient (Wildman–Crippen LogP) is 3.98. The van der Waals surface area contributed by atoms with Crippen molar-refractivity contribution in [2.24, 2.45) is 5.73 Å². The van der Waals surface area contributed by atoms with E-state index in [1.165, 1.54) is 5.56 Å². The van der Waals surface area contributed by atoms with Crippen LogP contribution in [-0.2, 0) is 4.74 Å². The molecule has 0 spiro atoms. The fourth-order valence-electron chi connectivity index (χ4n) is 3.66. The molecule has 0 saturated carbocycles. The van der Waals surface area contributed by atoms with Gasteiger partial charge in [0.1, 0.15) is 5.60 Å². The fraction of sp³-hybridized carbons (Fsp3) is 0.435. The topological polar surface area (TPSA) is 58.8 Å². The molecule has 28 heavy (non-hydrogen) atoms. The highest BCUT2D eigenvalue weighted by atomic mass is 16.6. The molecule has 1 amide bonds. The molecule has 3 rings (SSSR count). The van der Waals surface area contributed by atoms with Crippen molar-refractivity contribution in [2.45, 2.75) is 38.5 Å². The van der Waals surface area contributed by atoms with E-state index in [0.717, 1.165) is 18.7 Å². The van der Waals surface area contributed by atoms with Gasteiger partial charge in [0.15, 0.2) is 0 Å². The standard InChI is InChI=1S/C23H31N3O2/c1-23(2,3)28-22(27)26-16-14-25(15-17-26)21(19-12-8-5-9-13-19)20(24)18-10-6-4-7-11-18/h4-13,20-21H,14-17,24H2,1-3H3/t20?,21-/m0/s1. The molecule has 1 fully saturated rings. The number of hydrogen-bond acceptors (Lipinski definition) is 4. The Balaban J connectivity index is 1.75. The summed E-state index contributed by atoms with van der Waals surface area (Å²) < 4.78 is 5.52. The van der Waals surface area contributed by atoms with Crippen molar-refractivity contribution in [1.29, 1.82) is 0 Å². The Labute approximate surface area is 168 Å². The number of nitrogens with two attached hydrogens (primary N) is 1. The van der Waals surface area contributed by atoms with Crippen LogP contribution < -0.4 is 5.73 Å². The lowest BCUT2D eigenvalue weighted by Gasteiger charge is -2.42. The number of ether oxygens (including phenoxy) is 1. The van der Waals surface area contributed by atoms with Gasteiger partial charge in [-0.25, -0.2) is 4.79 Å². The molecule has 2 N–H and O–H groups in total. The SMILES string of the molecule is CC(C)(C)OC(=O)N1CCN([C@@H](c2ccccc2)C(N)c2ccccc2)CC1. The van der Waals surface area contributed by atoms with Gasteiger partial charge >= 0.3 is 6.09 Å². The molecule has 1 heterocycles. The van der Waals surface area contributed by atoms with Crippen molar-refractivity contribution in [3.05, 3.63) is 71.8 Å². The Morgan fingerprint density at radius 3 is 1.89 bits per heavy atom. The van der Waals surface area contributed by atoms with E-state index in [1.54, 1.807) is 4.90 Å². The van der Waals surface area contributed by atoms with Crippen LogP contribution in [0.1, 0.15) is 44.0 Å². The van der Waals surface area contributed by atoms with E-state index in [-0.39, 0.29) is 18.2 Å². The highest BCUT2D eigenvalue weighted by Crippen LogP contribution is 2.33. The zero-order valence-corrected chi connectivity index (χ0v) is 17.0. The second kappa shape index (κ2) is 8.76. The summed E-state index contributed by atoms with van der Waals surface area (Å²) in [6.45, 7) is 8.49. The van der Waals surface area contributed by atoms with Gasteiger partial charge in [0.05, 0.1) is 6.04 Å². The minimum Gasteiger partial charge on any atom is -0.444 e. The summed E-state index contributed by atoms with van der Waals surface area (Å²) in [5.41, 5.74) is 8.57. The summed E-state index contributed by atoms with van der Waals surface area (Å²) in [7, 11) is 0. The van der Waals surface area contributed by atoms with E-state index >= 15 is 0 Å². The lowest BCUT2D eigenvalue weighted by molar-refractivity contribution is 0.00872. The molecule has 150 valence electrons. The average molecular weight is 382 g/mol. The first-order valence-corrected chi connectivity index (χ1v) is 9.92. The van der Waals surface area contributed by atoms with E-state index in [4.69, 9.17) is 10.5 Å². The Hall–Kier alpha value is -2.37. The van der Waals surface area contributed by atoms with Crippen molar-refractivity contribution in [1.82, 2.24) is 9.80 Å². The molecule has 0 radical (unpaired) electrons. The second-order valence-electron chi connectivity index (χ2n) is 8.30. The molecule has 1 unspecified atom stereocenters. The van der Waals surface area contributed by atoms with Gasteiger partial charge in [-0.1, -0.05) is 60.7 Å². The summed E-state index contributed by atoms with van der Waals surface area (Å²) in [5.74, 6) is 0. The molecule has 1 aliphatic heterocycles. The van der Waals surface area contributed by atoms with Gasteiger partial charge in [-0.3, -0.25) is 4.90 Å². The highest BCUT2D eigenvalue weighted by Gasteiger charge is 2.32. The van der Waals surface area contributed by atoms with Crippen LogP contribution in [-0.4, -0.2) is 47.7 Å². The number of carbonyl (C=O) groups excluding carboxylic acids is 1. The lowest BCUT2D eigenvalue weighted by atomic mass is 9.92. The van der Waals surface area contributed by atoms with Gasteiger partial charge in [0.2, 0.25) is 0 Å². The molecule has 2 aromatic rings. The first-order chi connectivity index (χ1) is 13.3. The third kappa shape index (κ3) is 5.12. The third-order valence-corrected chi connectivity index (χ3v) is 5.03. The molecule has 2 aromatic carbocycles. The maximum absolute atomic E-state index is 12.4. The number of hydrogen-bond donors (Lipinski definition) is 1. The van der Waals surface area contributed by atoms with Gasteiger partial charge in [-0.05, 0) is 31.9 Å². The van der Waals surface area contributed by atoms with Crippen molar-refractivity contribution < 1.29 is 9.53 Å². The largest absolute Gasteiger partial charge is 0.444 e. The van der Waals surface area contributed by atoms with Gasteiger partial charge < -0.3 is 15.4 Å². The summed E-state index contributed by atoms with van der Waals surface area (Å²) in [5, 5.41) is 0. The Morgan fingerprint density at radius 2 is 1.39 bits per heavy atom. The minimum absolute atomic E-state index is 0.0596. The molecule has 5 heteroatoms. The van der Waals surface area contributed by atoms with Crippen LogP contribution in [0.2, 0.25) is 0 Å². The maximum atomic E-state index is 12.4. The maximum Gasteiger partial charge on any atom is 0.410 e. The van der Waals surface area contributed by atoms with Crippen LogP contribution in [0.15, 0.2) is 60.7 Å². The Kier molecular flexibility index (Phi) is 6.37. The smallest absolute Gasteiger partial charge is 0.410 e. The number of nitrogens with zero attached hydrogens (tertiary/aromatic N) is 2. The van der Waals surface area contributed by atoms with Crippen molar-refractivity contribution in [3.63, 3.8) is 0 Å². The first kappa shape index (κ1) is 20.4. The molecular formula is C23H31N3O2. The zero-order chi connectivity index (χ0) is 20.1. The number of rotatable bonds is 4. The van der Waals surface area contributed by atoms with Crippen molar-refractivity contribution in [3.8, 4) is 0 Å². The van der Waals surface area contributed by atoms with Crippen molar-refractivity contribution in [2.75, 3.05) is 26.2 Å². The minimum atomic E-state index is -0.476. The monoisotopic (exact) mass is 381 g/mol. The van der Waals surface area contributed by atoms with Gasteiger partial charge in [-0.15, -0.1) is 0 Å². The molecule has 0 aromatic heterocycles. The second-order valence-corrected chi connectivity index (χ2v) is 8.30. The van der Waals surface area contributed by atoms with Gasteiger partial charge in [0, 0.05) is 32.2 Å². The molecule has 0 aliphatic carbocycles.